The average Bonchev–Trinajstić information content (AvgIpc) is 3.24. The van der Waals surface area contributed by atoms with Crippen LogP contribution in [0.15, 0.2) is 91.0 Å². The Kier molecular flexibility index (Phi) is 7.04. The maximum absolute atomic E-state index is 5.73. The van der Waals surface area contributed by atoms with E-state index in [1.54, 1.807) is 28.4 Å². The van der Waals surface area contributed by atoms with Crippen LogP contribution in [0.2, 0.25) is 0 Å². The molecule has 0 saturated carbocycles. The third-order valence-corrected chi connectivity index (χ3v) is 6.72. The van der Waals surface area contributed by atoms with Gasteiger partial charge in [0.05, 0.1) is 34.1 Å². The van der Waals surface area contributed by atoms with Gasteiger partial charge >= 0.3 is 0 Å². The second-order valence-corrected chi connectivity index (χ2v) is 8.86. The minimum Gasteiger partial charge on any atom is -0.497 e. The van der Waals surface area contributed by atoms with Crippen LogP contribution in [0.25, 0.3) is 22.2 Å². The molecule has 0 radical (unpaired) electrons. The number of fused-ring (bicyclic) bond motifs is 1. The normalized spacial score (nSPS) is 10.9. The molecule has 0 aliphatic heterocycles. The molecule has 0 atom stereocenters. The maximum Gasteiger partial charge on any atom is 0.203 e. The van der Waals surface area contributed by atoms with Crippen LogP contribution in [0, 0.1) is 0 Å². The first-order chi connectivity index (χ1) is 18.2. The molecule has 0 unspecified atom stereocenters. The first-order valence-electron chi connectivity index (χ1n) is 12.2. The minimum absolute atomic E-state index is 0.575. The molecule has 0 fully saturated rings. The summed E-state index contributed by atoms with van der Waals surface area (Å²) in [6.07, 6.45) is 0.762. The molecule has 0 spiro atoms. The predicted octanol–water partition coefficient (Wildman–Crippen LogP) is 6.98. The highest BCUT2D eigenvalue weighted by Crippen LogP contribution is 2.44. The van der Waals surface area contributed by atoms with Crippen molar-refractivity contribution in [3.05, 3.63) is 108 Å². The number of hydrogen-bond acceptors (Lipinski definition) is 4. The smallest absolute Gasteiger partial charge is 0.203 e. The number of aromatic nitrogens is 1. The number of ether oxygens (including phenoxy) is 4. The van der Waals surface area contributed by atoms with E-state index in [1.807, 2.05) is 30.3 Å². The molecular formula is C32H31NO4. The fourth-order valence-electron chi connectivity index (χ4n) is 4.99. The lowest BCUT2D eigenvalue weighted by Crippen LogP contribution is -2.04. The van der Waals surface area contributed by atoms with Crippen molar-refractivity contribution in [1.29, 1.82) is 0 Å². The zero-order valence-electron chi connectivity index (χ0n) is 21.7. The summed E-state index contributed by atoms with van der Waals surface area (Å²) in [4.78, 5) is 0. The SMILES string of the molecule is COc1ccc2c(c1)c(Cc1ccccc1)c(-c1cc(OC)c(OC)c(OC)c1)n2Cc1ccccc1. The predicted molar refractivity (Wildman–Crippen MR) is 148 cm³/mol. The van der Waals surface area contributed by atoms with Crippen molar-refractivity contribution in [3.63, 3.8) is 0 Å². The molecule has 5 heteroatoms. The van der Waals surface area contributed by atoms with E-state index in [4.69, 9.17) is 18.9 Å². The summed E-state index contributed by atoms with van der Waals surface area (Å²) in [6, 6.07) is 31.4. The molecular weight excluding hydrogens is 462 g/mol. The first kappa shape index (κ1) is 24.3. The molecule has 5 nitrogen and oxygen atoms in total. The van der Waals surface area contributed by atoms with E-state index >= 15 is 0 Å². The maximum atomic E-state index is 5.73. The van der Waals surface area contributed by atoms with Crippen LogP contribution in [-0.2, 0) is 13.0 Å². The molecule has 0 aliphatic carbocycles. The molecule has 4 aromatic carbocycles. The van der Waals surface area contributed by atoms with Gasteiger partial charge in [-0.3, -0.25) is 0 Å². The van der Waals surface area contributed by atoms with Crippen molar-refractivity contribution in [2.75, 3.05) is 28.4 Å². The summed E-state index contributed by atoms with van der Waals surface area (Å²) in [6.45, 7) is 0.713. The Bertz CT molecular complexity index is 1480. The van der Waals surface area contributed by atoms with Gasteiger partial charge in [-0.2, -0.15) is 0 Å². The van der Waals surface area contributed by atoms with Crippen LogP contribution in [0.4, 0.5) is 0 Å². The van der Waals surface area contributed by atoms with E-state index in [0.29, 0.717) is 23.8 Å². The highest BCUT2D eigenvalue weighted by molar-refractivity contribution is 5.94. The van der Waals surface area contributed by atoms with E-state index in [9.17, 15) is 0 Å². The van der Waals surface area contributed by atoms with Crippen LogP contribution in [0.1, 0.15) is 16.7 Å². The first-order valence-corrected chi connectivity index (χ1v) is 12.2. The molecule has 0 N–H and O–H groups in total. The number of rotatable bonds is 9. The highest BCUT2D eigenvalue weighted by Gasteiger charge is 2.23. The number of benzene rings is 4. The molecule has 1 heterocycles. The van der Waals surface area contributed by atoms with Crippen LogP contribution in [0.3, 0.4) is 0 Å². The summed E-state index contributed by atoms with van der Waals surface area (Å²) < 4.78 is 25.1. The fraction of sp³-hybridized carbons (Fsp3) is 0.188. The molecule has 0 aliphatic rings. The Morgan fingerprint density at radius 3 is 1.81 bits per heavy atom. The lowest BCUT2D eigenvalue weighted by molar-refractivity contribution is 0.324. The van der Waals surface area contributed by atoms with Gasteiger partial charge in [0.25, 0.3) is 0 Å². The van der Waals surface area contributed by atoms with Gasteiger partial charge in [0.1, 0.15) is 5.75 Å². The Morgan fingerprint density at radius 1 is 0.622 bits per heavy atom. The third-order valence-electron chi connectivity index (χ3n) is 6.72. The molecule has 188 valence electrons. The Hall–Kier alpha value is -4.38. The van der Waals surface area contributed by atoms with Crippen LogP contribution < -0.4 is 18.9 Å². The van der Waals surface area contributed by atoms with E-state index < -0.39 is 0 Å². The van der Waals surface area contributed by atoms with Gasteiger partial charge in [-0.25, -0.2) is 0 Å². The number of methoxy groups -OCH3 is 4. The molecule has 0 bridgehead atoms. The molecule has 5 rings (SSSR count). The van der Waals surface area contributed by atoms with Gasteiger partial charge in [0.15, 0.2) is 11.5 Å². The fourth-order valence-corrected chi connectivity index (χ4v) is 4.99. The van der Waals surface area contributed by atoms with Crippen LogP contribution >= 0.6 is 0 Å². The summed E-state index contributed by atoms with van der Waals surface area (Å²) in [7, 11) is 6.63. The largest absolute Gasteiger partial charge is 0.497 e. The van der Waals surface area contributed by atoms with Crippen molar-refractivity contribution in [2.45, 2.75) is 13.0 Å². The summed E-state index contributed by atoms with van der Waals surface area (Å²) in [5.74, 6) is 2.65. The third kappa shape index (κ3) is 4.73. The topological polar surface area (TPSA) is 41.9 Å². The lowest BCUT2D eigenvalue weighted by atomic mass is 9.98. The van der Waals surface area contributed by atoms with Crippen molar-refractivity contribution in [2.24, 2.45) is 0 Å². The van der Waals surface area contributed by atoms with E-state index in [1.165, 1.54) is 16.7 Å². The van der Waals surface area contributed by atoms with Gasteiger partial charge in [-0.05, 0) is 47.0 Å². The van der Waals surface area contributed by atoms with Gasteiger partial charge in [-0.1, -0.05) is 60.7 Å². The average molecular weight is 494 g/mol. The quantitative estimate of drug-likeness (QED) is 0.222. The lowest BCUT2D eigenvalue weighted by Gasteiger charge is -2.17. The van der Waals surface area contributed by atoms with Crippen molar-refractivity contribution >= 4 is 10.9 Å². The molecule has 37 heavy (non-hydrogen) atoms. The molecule has 0 amide bonds. The Labute approximate surface area is 217 Å². The zero-order valence-corrected chi connectivity index (χ0v) is 21.7. The Balaban J connectivity index is 1.84. The monoisotopic (exact) mass is 493 g/mol. The minimum atomic E-state index is 0.575. The van der Waals surface area contributed by atoms with Crippen molar-refractivity contribution in [3.8, 4) is 34.3 Å². The van der Waals surface area contributed by atoms with Gasteiger partial charge in [-0.15, -0.1) is 0 Å². The van der Waals surface area contributed by atoms with Gasteiger partial charge in [0, 0.05) is 29.4 Å². The van der Waals surface area contributed by atoms with E-state index in [-0.39, 0.29) is 0 Å². The summed E-state index contributed by atoms with van der Waals surface area (Å²) in [5, 5.41) is 1.16. The zero-order chi connectivity index (χ0) is 25.8. The standard InChI is InChI=1S/C32H31NO4/c1-34-25-15-16-28-26(20-25)27(17-22-11-7-5-8-12-22)31(33(28)21-23-13-9-6-10-14-23)24-18-29(35-2)32(37-4)30(19-24)36-3/h5-16,18-20H,17,21H2,1-4H3. The molecule has 5 aromatic rings. The van der Waals surface area contributed by atoms with Crippen molar-refractivity contribution in [1.82, 2.24) is 4.57 Å². The molecule has 1 aromatic heterocycles. The van der Waals surface area contributed by atoms with Gasteiger partial charge in [0.2, 0.25) is 5.75 Å². The van der Waals surface area contributed by atoms with Crippen molar-refractivity contribution < 1.29 is 18.9 Å². The summed E-state index contributed by atoms with van der Waals surface area (Å²) in [5.41, 5.74) is 6.90. The number of hydrogen-bond donors (Lipinski definition) is 0. The van der Waals surface area contributed by atoms with E-state index in [0.717, 1.165) is 34.3 Å². The Morgan fingerprint density at radius 2 is 1.24 bits per heavy atom. The molecule has 0 saturated heterocycles. The second kappa shape index (κ2) is 10.7. The van der Waals surface area contributed by atoms with E-state index in [2.05, 4.69) is 65.2 Å². The highest BCUT2D eigenvalue weighted by atomic mass is 16.5. The van der Waals surface area contributed by atoms with Gasteiger partial charge < -0.3 is 23.5 Å². The second-order valence-electron chi connectivity index (χ2n) is 8.86. The van der Waals surface area contributed by atoms with Crippen LogP contribution in [-0.4, -0.2) is 33.0 Å². The number of nitrogens with zero attached hydrogens (tertiary/aromatic N) is 1. The summed E-state index contributed by atoms with van der Waals surface area (Å²) >= 11 is 0. The van der Waals surface area contributed by atoms with Crippen LogP contribution in [0.5, 0.6) is 23.0 Å².